The summed E-state index contributed by atoms with van der Waals surface area (Å²) in [5.74, 6) is 1.16. The van der Waals surface area contributed by atoms with Crippen molar-refractivity contribution in [2.45, 2.75) is 19.5 Å². The Bertz CT molecular complexity index is 1040. The summed E-state index contributed by atoms with van der Waals surface area (Å²) in [5.41, 5.74) is 4.38. The Balaban J connectivity index is 1.33. The highest BCUT2D eigenvalue weighted by atomic mass is 32.1. The second-order valence-corrected chi connectivity index (χ2v) is 7.88. The van der Waals surface area contributed by atoms with Crippen LogP contribution in [0, 0.1) is 0 Å². The van der Waals surface area contributed by atoms with E-state index in [0.29, 0.717) is 22.3 Å². The molecule has 1 aliphatic rings. The number of rotatable bonds is 6. The van der Waals surface area contributed by atoms with E-state index < -0.39 is 0 Å². The SMILES string of the molecule is COc1ccc(NC(=O)Nc2nc(CN3CCc4ccccc4C3)cs2)cc1OC. The lowest BCUT2D eigenvalue weighted by atomic mass is 10.00. The predicted molar refractivity (Wildman–Crippen MR) is 119 cm³/mol. The fourth-order valence-electron chi connectivity index (χ4n) is 3.53. The number of carbonyl (C=O) groups is 1. The second-order valence-electron chi connectivity index (χ2n) is 7.02. The van der Waals surface area contributed by atoms with Crippen LogP contribution in [0.3, 0.4) is 0 Å². The zero-order valence-corrected chi connectivity index (χ0v) is 17.8. The van der Waals surface area contributed by atoms with Crippen LogP contribution in [0.5, 0.6) is 11.5 Å². The molecule has 4 rings (SSSR count). The topological polar surface area (TPSA) is 75.7 Å². The van der Waals surface area contributed by atoms with Gasteiger partial charge in [0.2, 0.25) is 0 Å². The summed E-state index contributed by atoms with van der Waals surface area (Å²) < 4.78 is 10.5. The molecule has 2 N–H and O–H groups in total. The molecule has 2 amide bonds. The first-order valence-electron chi connectivity index (χ1n) is 9.68. The monoisotopic (exact) mass is 424 g/mol. The highest BCUT2D eigenvalue weighted by Crippen LogP contribution is 2.30. The van der Waals surface area contributed by atoms with Gasteiger partial charge in [0, 0.05) is 36.8 Å². The molecular weight excluding hydrogens is 400 g/mol. The molecule has 2 heterocycles. The molecule has 0 aliphatic carbocycles. The Morgan fingerprint density at radius 1 is 1.10 bits per heavy atom. The summed E-state index contributed by atoms with van der Waals surface area (Å²) in [6.45, 7) is 2.71. The van der Waals surface area contributed by atoms with E-state index in [1.54, 1.807) is 32.4 Å². The molecular formula is C22H24N4O3S. The number of thiazole rings is 1. The molecule has 0 spiro atoms. The number of hydrogen-bond acceptors (Lipinski definition) is 6. The van der Waals surface area contributed by atoms with Crippen molar-refractivity contribution in [2.24, 2.45) is 0 Å². The number of nitrogens with one attached hydrogen (secondary N) is 2. The molecule has 1 aromatic heterocycles. The number of ether oxygens (including phenoxy) is 2. The van der Waals surface area contributed by atoms with E-state index in [1.165, 1.54) is 22.5 Å². The van der Waals surface area contributed by atoms with Crippen LogP contribution >= 0.6 is 11.3 Å². The lowest BCUT2D eigenvalue weighted by Gasteiger charge is -2.27. The van der Waals surface area contributed by atoms with Gasteiger partial charge in [0.1, 0.15) is 0 Å². The van der Waals surface area contributed by atoms with E-state index in [2.05, 4.69) is 44.8 Å². The predicted octanol–water partition coefficient (Wildman–Crippen LogP) is 4.36. The number of hydrogen-bond donors (Lipinski definition) is 2. The average Bonchev–Trinajstić information content (AvgIpc) is 3.19. The molecule has 0 atom stereocenters. The molecule has 8 heteroatoms. The molecule has 156 valence electrons. The lowest BCUT2D eigenvalue weighted by molar-refractivity contribution is 0.243. The van der Waals surface area contributed by atoms with Gasteiger partial charge in [-0.1, -0.05) is 24.3 Å². The van der Waals surface area contributed by atoms with E-state index in [-0.39, 0.29) is 6.03 Å². The van der Waals surface area contributed by atoms with Gasteiger partial charge in [0.15, 0.2) is 16.6 Å². The molecule has 0 fully saturated rings. The van der Waals surface area contributed by atoms with E-state index in [1.807, 2.05) is 5.38 Å². The molecule has 2 aromatic carbocycles. The van der Waals surface area contributed by atoms with Gasteiger partial charge in [-0.25, -0.2) is 9.78 Å². The minimum absolute atomic E-state index is 0.352. The van der Waals surface area contributed by atoms with Crippen LogP contribution in [0.1, 0.15) is 16.8 Å². The number of methoxy groups -OCH3 is 2. The van der Waals surface area contributed by atoms with Crippen LogP contribution in [0.2, 0.25) is 0 Å². The fraction of sp³-hybridized carbons (Fsp3) is 0.273. The van der Waals surface area contributed by atoms with Crippen LogP contribution in [0.25, 0.3) is 0 Å². The molecule has 0 unspecified atom stereocenters. The van der Waals surface area contributed by atoms with E-state index in [0.717, 1.165) is 31.7 Å². The van der Waals surface area contributed by atoms with Gasteiger partial charge >= 0.3 is 6.03 Å². The third-order valence-corrected chi connectivity index (χ3v) is 5.82. The van der Waals surface area contributed by atoms with E-state index >= 15 is 0 Å². The Morgan fingerprint density at radius 2 is 1.90 bits per heavy atom. The molecule has 1 aliphatic heterocycles. The number of amides is 2. The number of fused-ring (bicyclic) bond motifs is 1. The Morgan fingerprint density at radius 3 is 2.70 bits per heavy atom. The van der Waals surface area contributed by atoms with Crippen molar-refractivity contribution in [1.82, 2.24) is 9.88 Å². The van der Waals surface area contributed by atoms with Crippen LogP contribution in [-0.2, 0) is 19.5 Å². The Labute approximate surface area is 179 Å². The van der Waals surface area contributed by atoms with Crippen LogP contribution < -0.4 is 20.1 Å². The molecule has 0 bridgehead atoms. The van der Waals surface area contributed by atoms with Gasteiger partial charge in [0.25, 0.3) is 0 Å². The summed E-state index contributed by atoms with van der Waals surface area (Å²) in [5, 5.41) is 8.15. The second kappa shape index (κ2) is 9.15. The first kappa shape index (κ1) is 20.2. The molecule has 30 heavy (non-hydrogen) atoms. The van der Waals surface area contributed by atoms with Gasteiger partial charge in [-0.2, -0.15) is 0 Å². The first-order valence-corrected chi connectivity index (χ1v) is 10.6. The minimum Gasteiger partial charge on any atom is -0.493 e. The van der Waals surface area contributed by atoms with Crippen molar-refractivity contribution in [1.29, 1.82) is 0 Å². The van der Waals surface area contributed by atoms with Crippen molar-refractivity contribution >= 4 is 28.2 Å². The zero-order valence-electron chi connectivity index (χ0n) is 17.0. The smallest absolute Gasteiger partial charge is 0.325 e. The maximum absolute atomic E-state index is 12.3. The van der Waals surface area contributed by atoms with E-state index in [4.69, 9.17) is 9.47 Å². The summed E-state index contributed by atoms with van der Waals surface area (Å²) in [4.78, 5) is 19.3. The third-order valence-electron chi connectivity index (χ3n) is 5.01. The van der Waals surface area contributed by atoms with Crippen molar-refractivity contribution in [3.05, 3.63) is 64.7 Å². The molecule has 7 nitrogen and oxygen atoms in total. The van der Waals surface area contributed by atoms with Gasteiger partial charge in [0.05, 0.1) is 19.9 Å². The third kappa shape index (κ3) is 4.72. The fourth-order valence-corrected chi connectivity index (χ4v) is 4.23. The van der Waals surface area contributed by atoms with Crippen LogP contribution in [0.15, 0.2) is 47.8 Å². The Hall–Kier alpha value is -3.10. The maximum atomic E-state index is 12.3. The molecule has 0 radical (unpaired) electrons. The summed E-state index contributed by atoms with van der Waals surface area (Å²) in [6.07, 6.45) is 1.05. The largest absolute Gasteiger partial charge is 0.493 e. The quantitative estimate of drug-likeness (QED) is 0.615. The number of aromatic nitrogens is 1. The highest BCUT2D eigenvalue weighted by molar-refractivity contribution is 7.13. The number of anilines is 2. The Kier molecular flexibility index (Phi) is 6.15. The number of nitrogens with zero attached hydrogens (tertiary/aromatic N) is 2. The normalized spacial score (nSPS) is 13.4. The van der Waals surface area contributed by atoms with Crippen molar-refractivity contribution in [3.8, 4) is 11.5 Å². The number of urea groups is 1. The van der Waals surface area contributed by atoms with Gasteiger partial charge in [-0.3, -0.25) is 10.2 Å². The average molecular weight is 425 g/mol. The molecule has 3 aromatic rings. The molecule has 0 saturated heterocycles. The van der Waals surface area contributed by atoms with Crippen molar-refractivity contribution < 1.29 is 14.3 Å². The van der Waals surface area contributed by atoms with Crippen molar-refractivity contribution in [2.75, 3.05) is 31.4 Å². The number of benzene rings is 2. The minimum atomic E-state index is -0.352. The lowest BCUT2D eigenvalue weighted by Crippen LogP contribution is -2.30. The number of carbonyl (C=O) groups excluding carboxylic acids is 1. The molecule has 0 saturated carbocycles. The van der Waals surface area contributed by atoms with Gasteiger partial charge in [-0.15, -0.1) is 11.3 Å². The maximum Gasteiger partial charge on any atom is 0.325 e. The van der Waals surface area contributed by atoms with Crippen LogP contribution in [-0.4, -0.2) is 36.7 Å². The summed E-state index contributed by atoms with van der Waals surface area (Å²) in [7, 11) is 3.13. The summed E-state index contributed by atoms with van der Waals surface area (Å²) in [6, 6.07) is 13.4. The standard InChI is InChI=1S/C22H24N4O3S/c1-28-19-8-7-17(11-20(19)29-2)23-21(27)25-22-24-18(14-30-22)13-26-10-9-15-5-3-4-6-16(15)12-26/h3-8,11,14H,9-10,12-13H2,1-2H3,(H2,23,24,25,27). The van der Waals surface area contributed by atoms with Crippen LogP contribution in [0.4, 0.5) is 15.6 Å². The first-order chi connectivity index (χ1) is 14.6. The zero-order chi connectivity index (χ0) is 20.9. The summed E-state index contributed by atoms with van der Waals surface area (Å²) >= 11 is 1.42. The van der Waals surface area contributed by atoms with Gasteiger partial charge < -0.3 is 14.8 Å². The van der Waals surface area contributed by atoms with Crippen molar-refractivity contribution in [3.63, 3.8) is 0 Å². The van der Waals surface area contributed by atoms with Gasteiger partial charge in [-0.05, 0) is 29.7 Å². The highest BCUT2D eigenvalue weighted by Gasteiger charge is 2.17. The van der Waals surface area contributed by atoms with E-state index in [9.17, 15) is 4.79 Å².